The molecule has 0 aromatic rings. The molecular weight excluding hydrogens is 700 g/mol. The lowest BCUT2D eigenvalue weighted by molar-refractivity contribution is -0.305. The van der Waals surface area contributed by atoms with Crippen LogP contribution in [0.5, 0.6) is 0 Å². The summed E-state index contributed by atoms with van der Waals surface area (Å²) in [5, 5.41) is 40.0. The molecule has 0 aliphatic carbocycles. The fourth-order valence-electron chi connectivity index (χ4n) is 5.88. The first-order chi connectivity index (χ1) is 26.8. The third-order valence-corrected chi connectivity index (χ3v) is 9.26. The molecule has 4 N–H and O–H groups in total. The van der Waals surface area contributed by atoms with Crippen molar-refractivity contribution < 1.29 is 49.0 Å². The molecule has 55 heavy (non-hydrogen) atoms. The van der Waals surface area contributed by atoms with Crippen LogP contribution in [0, 0.1) is 0 Å². The van der Waals surface area contributed by atoms with E-state index in [1.165, 1.54) is 32.1 Å². The molecule has 314 valence electrons. The van der Waals surface area contributed by atoms with Crippen molar-refractivity contribution in [1.82, 2.24) is 0 Å². The van der Waals surface area contributed by atoms with E-state index in [-0.39, 0.29) is 26.1 Å². The van der Waals surface area contributed by atoms with Crippen molar-refractivity contribution in [2.75, 3.05) is 19.8 Å². The lowest BCUT2D eigenvalue weighted by atomic mass is 9.99. The number of carbonyl (C=O) groups excluding carboxylic acids is 2. The number of esters is 2. The summed E-state index contributed by atoms with van der Waals surface area (Å²) >= 11 is 0. The molecule has 1 saturated heterocycles. The minimum absolute atomic E-state index is 0.201. The zero-order chi connectivity index (χ0) is 40.2. The Morgan fingerprint density at radius 1 is 0.636 bits per heavy atom. The molecule has 1 heterocycles. The Bertz CT molecular complexity index is 1140. The van der Waals surface area contributed by atoms with Crippen molar-refractivity contribution in [2.45, 2.75) is 185 Å². The number of hydrogen-bond donors (Lipinski definition) is 4. The van der Waals surface area contributed by atoms with E-state index in [9.17, 15) is 30.0 Å². The van der Waals surface area contributed by atoms with Gasteiger partial charge in [0.15, 0.2) is 12.4 Å². The van der Waals surface area contributed by atoms with E-state index in [4.69, 9.17) is 18.9 Å². The first-order valence-corrected chi connectivity index (χ1v) is 21.2. The van der Waals surface area contributed by atoms with E-state index < -0.39 is 55.4 Å². The van der Waals surface area contributed by atoms with Gasteiger partial charge >= 0.3 is 11.9 Å². The van der Waals surface area contributed by atoms with E-state index in [2.05, 4.69) is 50.0 Å². The molecule has 0 spiro atoms. The van der Waals surface area contributed by atoms with Crippen LogP contribution in [-0.4, -0.2) is 89.0 Å². The second kappa shape index (κ2) is 35.6. The molecule has 0 bridgehead atoms. The average molecular weight is 775 g/mol. The van der Waals surface area contributed by atoms with Gasteiger partial charge in [0.25, 0.3) is 0 Å². The van der Waals surface area contributed by atoms with Crippen LogP contribution in [0.2, 0.25) is 0 Å². The smallest absolute Gasteiger partial charge is 0.306 e. The molecule has 1 aliphatic rings. The van der Waals surface area contributed by atoms with Crippen molar-refractivity contribution in [2.24, 2.45) is 0 Å². The molecule has 0 aromatic carbocycles. The van der Waals surface area contributed by atoms with E-state index in [1.807, 2.05) is 30.4 Å². The first-order valence-electron chi connectivity index (χ1n) is 21.2. The number of aliphatic hydroxyl groups is 4. The van der Waals surface area contributed by atoms with Crippen LogP contribution in [0.4, 0.5) is 0 Å². The number of aliphatic hydroxyl groups excluding tert-OH is 4. The number of carbonyl (C=O) groups is 2. The van der Waals surface area contributed by atoms with Gasteiger partial charge in [-0.2, -0.15) is 0 Å². The topological polar surface area (TPSA) is 152 Å². The minimum Gasteiger partial charge on any atom is -0.462 e. The molecule has 0 aromatic heterocycles. The molecular formula is C45H74O10. The van der Waals surface area contributed by atoms with Gasteiger partial charge in [-0.3, -0.25) is 9.59 Å². The molecule has 0 amide bonds. The van der Waals surface area contributed by atoms with E-state index in [0.717, 1.165) is 77.0 Å². The normalized spacial score (nSPS) is 20.7. The van der Waals surface area contributed by atoms with Crippen molar-refractivity contribution in [3.05, 3.63) is 66.5 Å². The van der Waals surface area contributed by atoms with Gasteiger partial charge in [-0.05, 0) is 69.9 Å². The maximum atomic E-state index is 12.7. The van der Waals surface area contributed by atoms with Gasteiger partial charge in [0, 0.05) is 12.8 Å². The van der Waals surface area contributed by atoms with Crippen LogP contribution < -0.4 is 0 Å². The molecule has 2 unspecified atom stereocenters. The molecule has 10 nitrogen and oxygen atoms in total. The molecule has 1 aliphatic heterocycles. The van der Waals surface area contributed by atoms with E-state index >= 15 is 0 Å². The summed E-state index contributed by atoms with van der Waals surface area (Å²) in [5.41, 5.74) is 3.29. The molecule has 1 fully saturated rings. The number of unbranched alkanes of at least 4 members (excludes halogenated alkanes) is 15. The van der Waals surface area contributed by atoms with Crippen LogP contribution >= 0.6 is 0 Å². The summed E-state index contributed by atoms with van der Waals surface area (Å²) in [6.07, 6.45) is 32.9. The Kier molecular flexibility index (Phi) is 32.5. The van der Waals surface area contributed by atoms with Gasteiger partial charge in [-0.15, -0.1) is 5.73 Å². The maximum absolute atomic E-state index is 12.7. The number of ether oxygens (including phenoxy) is 4. The zero-order valence-electron chi connectivity index (χ0n) is 33.9. The average Bonchev–Trinajstić information content (AvgIpc) is 3.18. The Labute approximate surface area is 332 Å². The second-order valence-corrected chi connectivity index (χ2v) is 14.3. The first kappa shape index (κ1) is 50.2. The third-order valence-electron chi connectivity index (χ3n) is 9.26. The Balaban J connectivity index is 2.40. The summed E-state index contributed by atoms with van der Waals surface area (Å²) in [5.74, 6) is -0.862. The number of rotatable bonds is 33. The zero-order valence-corrected chi connectivity index (χ0v) is 33.9. The predicted octanol–water partition coefficient (Wildman–Crippen LogP) is 8.43. The fraction of sp³-hybridized carbons (Fsp3) is 0.711. The van der Waals surface area contributed by atoms with Crippen molar-refractivity contribution in [3.8, 4) is 0 Å². The molecule has 0 radical (unpaired) electrons. The van der Waals surface area contributed by atoms with Gasteiger partial charge in [0.05, 0.1) is 13.2 Å². The van der Waals surface area contributed by atoms with Crippen LogP contribution in [0.15, 0.2) is 66.5 Å². The van der Waals surface area contributed by atoms with Gasteiger partial charge in [0.2, 0.25) is 0 Å². The molecule has 1 rings (SSSR count). The Morgan fingerprint density at radius 2 is 1.18 bits per heavy atom. The quantitative estimate of drug-likeness (QED) is 0.0221. The lowest BCUT2D eigenvalue weighted by Gasteiger charge is -2.39. The SMILES string of the molecule is CC/C=C/C=C/C=C/C=C/CCCCCCCC(=O)OC[C@@H](CO[C@H]1O[C@@H](CO)[C@@H](O)C(O)C1O)OC(=O)CCCCCCCC=C=CCCCCCCC. The standard InChI is InChI=1S/C45H74O10/c1-3-5-7-9-11-13-15-17-19-21-23-25-27-29-31-33-40(47)52-36-38(37-53-45-44(51)43(50)42(49)39(35-46)55-45)54-41(48)34-32-30-28-26-24-22-20-18-16-14-12-10-8-6-4-2/h5,7,9,11,13,15-17,19-20,38-39,42-46,49-51H,3-4,6,8,10,12,14,21-37H2,1-2H3/b7-5+,11-9+,15-13+,19-17+/t18?,38-,39-,42+,43?,44?,45-/m0/s1. The highest BCUT2D eigenvalue weighted by atomic mass is 16.7. The van der Waals surface area contributed by atoms with Crippen LogP contribution in [0.25, 0.3) is 0 Å². The van der Waals surface area contributed by atoms with Crippen molar-refractivity contribution >= 4 is 11.9 Å². The molecule has 0 saturated carbocycles. The highest BCUT2D eigenvalue weighted by molar-refractivity contribution is 5.70. The fourth-order valence-corrected chi connectivity index (χ4v) is 5.88. The van der Waals surface area contributed by atoms with E-state index in [1.54, 1.807) is 0 Å². The largest absolute Gasteiger partial charge is 0.462 e. The van der Waals surface area contributed by atoms with Crippen molar-refractivity contribution in [3.63, 3.8) is 0 Å². The van der Waals surface area contributed by atoms with Crippen LogP contribution in [0.1, 0.15) is 149 Å². The van der Waals surface area contributed by atoms with Crippen LogP contribution in [0.3, 0.4) is 0 Å². The summed E-state index contributed by atoms with van der Waals surface area (Å²) in [6, 6.07) is 0. The van der Waals surface area contributed by atoms with E-state index in [0.29, 0.717) is 12.8 Å². The molecule has 10 heteroatoms. The summed E-state index contributed by atoms with van der Waals surface area (Å²) < 4.78 is 22.1. The van der Waals surface area contributed by atoms with Crippen LogP contribution in [-0.2, 0) is 28.5 Å². The minimum atomic E-state index is -1.61. The lowest BCUT2D eigenvalue weighted by Crippen LogP contribution is -2.59. The van der Waals surface area contributed by atoms with Crippen molar-refractivity contribution in [1.29, 1.82) is 0 Å². The second-order valence-electron chi connectivity index (χ2n) is 14.3. The monoisotopic (exact) mass is 775 g/mol. The third kappa shape index (κ3) is 27.4. The summed E-state index contributed by atoms with van der Waals surface area (Å²) in [6.45, 7) is 3.20. The number of allylic oxidation sites excluding steroid dienone is 9. The highest BCUT2D eigenvalue weighted by Gasteiger charge is 2.44. The number of hydrogen-bond acceptors (Lipinski definition) is 10. The van der Waals surface area contributed by atoms with Gasteiger partial charge in [-0.1, -0.05) is 127 Å². The van der Waals surface area contributed by atoms with Gasteiger partial charge < -0.3 is 39.4 Å². The Hall–Kier alpha value is -2.82. The van der Waals surface area contributed by atoms with Gasteiger partial charge in [-0.25, -0.2) is 0 Å². The van der Waals surface area contributed by atoms with Gasteiger partial charge in [0.1, 0.15) is 31.0 Å². The highest BCUT2D eigenvalue weighted by Crippen LogP contribution is 2.22. The summed E-state index contributed by atoms with van der Waals surface area (Å²) in [7, 11) is 0. The maximum Gasteiger partial charge on any atom is 0.306 e. The predicted molar refractivity (Wildman–Crippen MR) is 218 cm³/mol. The summed E-state index contributed by atoms with van der Waals surface area (Å²) in [4.78, 5) is 25.3. The molecule has 6 atom stereocenters. The Morgan fingerprint density at radius 3 is 1.80 bits per heavy atom.